The van der Waals surface area contributed by atoms with Crippen LogP contribution < -0.4 is 10.6 Å². The number of anilines is 1. The number of nitrogens with zero attached hydrogens (tertiary/aromatic N) is 2. The second kappa shape index (κ2) is 9.08. The number of primary amides is 1. The van der Waals surface area contributed by atoms with Crippen LogP contribution in [0.5, 0.6) is 0 Å². The molecule has 0 aliphatic rings. The number of carbonyl (C=O) groups is 1. The van der Waals surface area contributed by atoms with Gasteiger partial charge in [-0.2, -0.15) is 0 Å². The van der Waals surface area contributed by atoms with Crippen LogP contribution in [0.4, 0.5) is 14.5 Å². The third-order valence-corrected chi connectivity index (χ3v) is 4.46. The van der Waals surface area contributed by atoms with Gasteiger partial charge >= 0.3 is 0 Å². The SMILES string of the molecule is NC(=O)CN(CCCc1ccncc1-c1cccc(F)c1)c1ccc(F)cc1. The molecule has 0 fully saturated rings. The molecule has 2 N–H and O–H groups in total. The zero-order valence-corrected chi connectivity index (χ0v) is 15.3. The summed E-state index contributed by atoms with van der Waals surface area (Å²) >= 11 is 0. The van der Waals surface area contributed by atoms with E-state index in [0.717, 1.165) is 28.8 Å². The molecule has 3 rings (SSSR count). The predicted molar refractivity (Wildman–Crippen MR) is 106 cm³/mol. The first-order valence-electron chi connectivity index (χ1n) is 9.00. The number of benzene rings is 2. The topological polar surface area (TPSA) is 59.2 Å². The van der Waals surface area contributed by atoms with Crippen molar-refractivity contribution < 1.29 is 13.6 Å². The van der Waals surface area contributed by atoms with E-state index in [-0.39, 0.29) is 18.2 Å². The Kier molecular flexibility index (Phi) is 6.32. The molecule has 0 unspecified atom stereocenters. The first-order chi connectivity index (χ1) is 13.5. The van der Waals surface area contributed by atoms with Gasteiger partial charge in [0, 0.05) is 30.2 Å². The van der Waals surface area contributed by atoms with Crippen LogP contribution in [0.2, 0.25) is 0 Å². The molecule has 3 aromatic rings. The molecule has 4 nitrogen and oxygen atoms in total. The van der Waals surface area contributed by atoms with Crippen molar-refractivity contribution in [2.24, 2.45) is 5.73 Å². The van der Waals surface area contributed by atoms with Gasteiger partial charge in [-0.05, 0) is 66.4 Å². The van der Waals surface area contributed by atoms with Crippen LogP contribution in [0.1, 0.15) is 12.0 Å². The second-order valence-corrected chi connectivity index (χ2v) is 6.51. The number of aromatic nitrogens is 1. The summed E-state index contributed by atoms with van der Waals surface area (Å²) in [5.41, 5.74) is 8.79. The maximum absolute atomic E-state index is 13.6. The fourth-order valence-corrected chi connectivity index (χ4v) is 3.16. The molecule has 144 valence electrons. The van der Waals surface area contributed by atoms with E-state index in [1.165, 1.54) is 24.3 Å². The maximum Gasteiger partial charge on any atom is 0.236 e. The molecule has 0 bridgehead atoms. The highest BCUT2D eigenvalue weighted by Gasteiger charge is 2.11. The molecule has 0 radical (unpaired) electrons. The highest BCUT2D eigenvalue weighted by atomic mass is 19.1. The van der Waals surface area contributed by atoms with Crippen molar-refractivity contribution in [3.05, 3.63) is 84.2 Å². The molecule has 1 amide bonds. The minimum atomic E-state index is -0.450. The van der Waals surface area contributed by atoms with Gasteiger partial charge in [-0.25, -0.2) is 8.78 Å². The summed E-state index contributed by atoms with van der Waals surface area (Å²) in [4.78, 5) is 17.4. The van der Waals surface area contributed by atoms with Crippen LogP contribution in [0, 0.1) is 11.6 Å². The molecule has 0 atom stereocenters. The number of rotatable bonds is 8. The van der Waals surface area contributed by atoms with Gasteiger partial charge in [0.25, 0.3) is 0 Å². The first kappa shape index (κ1) is 19.5. The lowest BCUT2D eigenvalue weighted by Crippen LogP contribution is -2.34. The third-order valence-electron chi connectivity index (χ3n) is 4.46. The zero-order valence-electron chi connectivity index (χ0n) is 15.3. The van der Waals surface area contributed by atoms with Gasteiger partial charge in [0.15, 0.2) is 0 Å². The monoisotopic (exact) mass is 381 g/mol. The standard InChI is InChI=1S/C22H21F2N3O/c23-18-6-8-20(9-7-18)27(15-22(25)28)12-2-4-16-10-11-26-14-21(16)17-3-1-5-19(24)13-17/h1,3,5-11,13-14H,2,4,12,15H2,(H2,25,28). The quantitative estimate of drug-likeness (QED) is 0.643. The van der Waals surface area contributed by atoms with Crippen molar-refractivity contribution >= 4 is 11.6 Å². The molecule has 6 heteroatoms. The van der Waals surface area contributed by atoms with E-state index in [0.29, 0.717) is 13.0 Å². The molecule has 2 aromatic carbocycles. The Morgan fingerprint density at radius 1 is 1.04 bits per heavy atom. The van der Waals surface area contributed by atoms with E-state index in [1.54, 1.807) is 30.6 Å². The molecular weight excluding hydrogens is 360 g/mol. The van der Waals surface area contributed by atoms with Crippen molar-refractivity contribution in [1.82, 2.24) is 4.98 Å². The first-order valence-corrected chi connectivity index (χ1v) is 9.00. The number of amides is 1. The number of pyridine rings is 1. The summed E-state index contributed by atoms with van der Waals surface area (Å²) in [5, 5.41) is 0. The van der Waals surface area contributed by atoms with Crippen LogP contribution in [0.3, 0.4) is 0 Å². The van der Waals surface area contributed by atoms with E-state index in [9.17, 15) is 13.6 Å². The summed E-state index contributed by atoms with van der Waals surface area (Å²) in [6.07, 6.45) is 4.88. The zero-order chi connectivity index (χ0) is 19.9. The van der Waals surface area contributed by atoms with Gasteiger partial charge in [0.1, 0.15) is 11.6 Å². The van der Waals surface area contributed by atoms with Gasteiger partial charge < -0.3 is 10.6 Å². The van der Waals surface area contributed by atoms with Crippen LogP contribution in [0.15, 0.2) is 67.0 Å². The Labute approximate surface area is 162 Å². The number of hydrogen-bond donors (Lipinski definition) is 1. The highest BCUT2D eigenvalue weighted by molar-refractivity contribution is 5.79. The maximum atomic E-state index is 13.6. The minimum absolute atomic E-state index is 0.0543. The fourth-order valence-electron chi connectivity index (χ4n) is 3.16. The molecular formula is C22H21F2N3O. The van der Waals surface area contributed by atoms with Gasteiger partial charge in [-0.1, -0.05) is 12.1 Å². The number of carbonyl (C=O) groups excluding carboxylic acids is 1. The van der Waals surface area contributed by atoms with Crippen LogP contribution in [-0.4, -0.2) is 24.0 Å². The summed E-state index contributed by atoms with van der Waals surface area (Å²) < 4.78 is 26.8. The lowest BCUT2D eigenvalue weighted by atomic mass is 9.98. The minimum Gasteiger partial charge on any atom is -0.368 e. The molecule has 28 heavy (non-hydrogen) atoms. The van der Waals surface area contributed by atoms with Crippen LogP contribution >= 0.6 is 0 Å². The fraction of sp³-hybridized carbons (Fsp3) is 0.182. The molecule has 1 aromatic heterocycles. The Hall–Kier alpha value is -3.28. The average molecular weight is 381 g/mol. The van der Waals surface area contributed by atoms with Crippen LogP contribution in [-0.2, 0) is 11.2 Å². The van der Waals surface area contributed by atoms with Gasteiger partial charge in [0.05, 0.1) is 6.54 Å². The van der Waals surface area contributed by atoms with E-state index in [2.05, 4.69) is 4.98 Å². The molecule has 0 saturated carbocycles. The van der Waals surface area contributed by atoms with Gasteiger partial charge in [-0.3, -0.25) is 9.78 Å². The Morgan fingerprint density at radius 3 is 2.54 bits per heavy atom. The van der Waals surface area contributed by atoms with Gasteiger partial charge in [-0.15, -0.1) is 0 Å². The number of nitrogens with two attached hydrogens (primary N) is 1. The summed E-state index contributed by atoms with van der Waals surface area (Å²) in [7, 11) is 0. The van der Waals surface area contributed by atoms with Crippen LogP contribution in [0.25, 0.3) is 11.1 Å². The number of halogens is 2. The van der Waals surface area contributed by atoms with Gasteiger partial charge in [0.2, 0.25) is 5.91 Å². The largest absolute Gasteiger partial charge is 0.368 e. The average Bonchev–Trinajstić information content (AvgIpc) is 2.68. The third kappa shape index (κ3) is 5.13. The Balaban J connectivity index is 1.72. The van der Waals surface area contributed by atoms with Crippen molar-refractivity contribution in [2.75, 3.05) is 18.0 Å². The molecule has 0 aliphatic carbocycles. The normalized spacial score (nSPS) is 10.6. The van der Waals surface area contributed by atoms with Crippen molar-refractivity contribution in [3.8, 4) is 11.1 Å². The van der Waals surface area contributed by atoms with E-state index in [4.69, 9.17) is 5.73 Å². The smallest absolute Gasteiger partial charge is 0.236 e. The molecule has 1 heterocycles. The lowest BCUT2D eigenvalue weighted by Gasteiger charge is -2.23. The van der Waals surface area contributed by atoms with E-state index < -0.39 is 5.91 Å². The van der Waals surface area contributed by atoms with Crippen molar-refractivity contribution in [2.45, 2.75) is 12.8 Å². The van der Waals surface area contributed by atoms with Crippen molar-refractivity contribution in [3.63, 3.8) is 0 Å². The molecule has 0 saturated heterocycles. The molecule has 0 aliphatic heterocycles. The summed E-state index contributed by atoms with van der Waals surface area (Å²) in [5.74, 6) is -1.08. The lowest BCUT2D eigenvalue weighted by molar-refractivity contribution is -0.116. The second-order valence-electron chi connectivity index (χ2n) is 6.51. The van der Waals surface area contributed by atoms with E-state index >= 15 is 0 Å². The van der Waals surface area contributed by atoms with E-state index in [1.807, 2.05) is 17.0 Å². The molecule has 0 spiro atoms. The Morgan fingerprint density at radius 2 is 1.82 bits per heavy atom. The van der Waals surface area contributed by atoms with Crippen molar-refractivity contribution in [1.29, 1.82) is 0 Å². The predicted octanol–water partition coefficient (Wildman–Crippen LogP) is 3.95. The number of aryl methyl sites for hydroxylation is 1. The highest BCUT2D eigenvalue weighted by Crippen LogP contribution is 2.25. The Bertz CT molecular complexity index is 945. The summed E-state index contributed by atoms with van der Waals surface area (Å²) in [6.45, 7) is 0.623. The number of hydrogen-bond acceptors (Lipinski definition) is 3. The summed E-state index contributed by atoms with van der Waals surface area (Å²) in [6, 6.07) is 14.3.